The molecule has 2 N–H and O–H groups in total. The molecule has 4 rings (SSSR count). The fourth-order valence-electron chi connectivity index (χ4n) is 3.89. The number of benzene rings is 3. The number of fused-ring (bicyclic) bond motifs is 1. The fourth-order valence-corrected chi connectivity index (χ4v) is 4.82. The molecule has 1 aromatic heterocycles. The molecule has 1 amide bonds. The molecule has 36 heavy (non-hydrogen) atoms. The van der Waals surface area contributed by atoms with Gasteiger partial charge in [0.15, 0.2) is 5.01 Å². The Morgan fingerprint density at radius 3 is 2.11 bits per heavy atom. The molecule has 4 aromatic rings. The lowest BCUT2D eigenvalue weighted by atomic mass is 9.97. The highest BCUT2D eigenvalue weighted by Crippen LogP contribution is 2.36. The Morgan fingerprint density at radius 2 is 1.56 bits per heavy atom. The Balaban J connectivity index is 1.90. The number of aromatic nitrogens is 1. The minimum absolute atomic E-state index is 0.0166. The molecule has 0 saturated carbocycles. The molecule has 5 nitrogen and oxygen atoms in total. The Labute approximate surface area is 210 Å². The lowest BCUT2D eigenvalue weighted by Crippen LogP contribution is -2.46. The van der Waals surface area contributed by atoms with Crippen LogP contribution >= 0.6 is 11.3 Å². The molecule has 186 valence electrons. The number of alkyl halides is 3. The number of Topliss-reactive ketones (excluding diaryl/α,β-unsaturated/α-hetero) is 1. The average molecular weight is 512 g/mol. The van der Waals surface area contributed by atoms with Crippen molar-refractivity contribution >= 4 is 38.9 Å². The predicted octanol–water partition coefficient (Wildman–Crippen LogP) is 6.40. The molecule has 1 unspecified atom stereocenters. The van der Waals surface area contributed by atoms with Gasteiger partial charge in [0.25, 0.3) is 0 Å². The summed E-state index contributed by atoms with van der Waals surface area (Å²) in [5.74, 6) is -2.71. The highest BCUT2D eigenvalue weighted by atomic mass is 32.1. The summed E-state index contributed by atoms with van der Waals surface area (Å²) in [6, 6.07) is 18.0. The molecular formula is C27H24F3N3O2S. The third kappa shape index (κ3) is 5.17. The number of carbonyl (C=O) groups is 2. The maximum Gasteiger partial charge on any atom is 0.471 e. The summed E-state index contributed by atoms with van der Waals surface area (Å²) in [6.45, 7) is 4.12. The van der Waals surface area contributed by atoms with Crippen molar-refractivity contribution in [3.05, 3.63) is 94.5 Å². The van der Waals surface area contributed by atoms with E-state index in [2.05, 4.69) is 4.98 Å². The van der Waals surface area contributed by atoms with Crippen LogP contribution in [0.25, 0.3) is 10.2 Å². The number of nitrogens with two attached hydrogens (primary N) is 1. The Hall–Kier alpha value is -3.56. The number of hydrogen-bond donors (Lipinski definition) is 1. The van der Waals surface area contributed by atoms with Crippen LogP contribution in [0.3, 0.4) is 0 Å². The van der Waals surface area contributed by atoms with Crippen LogP contribution in [0.2, 0.25) is 0 Å². The van der Waals surface area contributed by atoms with E-state index >= 15 is 0 Å². The molecule has 0 aliphatic carbocycles. The number of ketones is 1. The van der Waals surface area contributed by atoms with E-state index < -0.39 is 23.9 Å². The first-order chi connectivity index (χ1) is 17.1. The van der Waals surface area contributed by atoms with Gasteiger partial charge in [-0.1, -0.05) is 62.4 Å². The molecule has 0 radical (unpaired) electrons. The standard InChI is InChI=1S/C27H24F3N3O2S/c1-16(2)18-11-13-20(14-12-18)33(26(35)27(28,29)30)23(19-9-7-17(15-31)8-10-19)24(34)25-32-21-5-3-4-6-22(21)36-25/h3-14,16,23H,15,31H2,1-2H3. The lowest BCUT2D eigenvalue weighted by molar-refractivity contribution is -0.170. The number of nitrogens with zero attached hydrogens (tertiary/aromatic N) is 2. The molecule has 3 aromatic carbocycles. The van der Waals surface area contributed by atoms with Gasteiger partial charge >= 0.3 is 12.1 Å². The summed E-state index contributed by atoms with van der Waals surface area (Å²) in [4.78, 5) is 31.6. The summed E-state index contributed by atoms with van der Waals surface area (Å²) >= 11 is 1.07. The summed E-state index contributed by atoms with van der Waals surface area (Å²) < 4.78 is 42.4. The maximum absolute atomic E-state index is 13.9. The topological polar surface area (TPSA) is 76.3 Å². The van der Waals surface area contributed by atoms with Crippen LogP contribution in [-0.4, -0.2) is 22.9 Å². The van der Waals surface area contributed by atoms with E-state index in [4.69, 9.17) is 5.73 Å². The maximum atomic E-state index is 13.9. The van der Waals surface area contributed by atoms with E-state index in [1.807, 2.05) is 13.8 Å². The first kappa shape index (κ1) is 25.5. The Kier molecular flexibility index (Phi) is 7.23. The second-order valence-corrected chi connectivity index (χ2v) is 9.65. The van der Waals surface area contributed by atoms with Gasteiger partial charge in [-0.3, -0.25) is 14.5 Å². The van der Waals surface area contributed by atoms with Crippen LogP contribution in [0.4, 0.5) is 18.9 Å². The monoisotopic (exact) mass is 511 g/mol. The van der Waals surface area contributed by atoms with Gasteiger partial charge in [-0.05, 0) is 46.9 Å². The number of rotatable bonds is 7. The van der Waals surface area contributed by atoms with Crippen LogP contribution in [0, 0.1) is 0 Å². The highest BCUT2D eigenvalue weighted by molar-refractivity contribution is 7.20. The molecular weight excluding hydrogens is 487 g/mol. The molecule has 0 bridgehead atoms. The van der Waals surface area contributed by atoms with Crippen molar-refractivity contribution < 1.29 is 22.8 Å². The molecule has 0 spiro atoms. The van der Waals surface area contributed by atoms with E-state index in [-0.39, 0.29) is 28.7 Å². The summed E-state index contributed by atoms with van der Waals surface area (Å²) in [6.07, 6.45) is -5.21. The van der Waals surface area contributed by atoms with Gasteiger partial charge in [-0.2, -0.15) is 13.2 Å². The zero-order valence-electron chi connectivity index (χ0n) is 19.6. The van der Waals surface area contributed by atoms with Crippen molar-refractivity contribution in [2.75, 3.05) is 4.90 Å². The minimum atomic E-state index is -5.21. The molecule has 0 aliphatic rings. The normalized spacial score (nSPS) is 12.6. The van der Waals surface area contributed by atoms with Crippen molar-refractivity contribution in [1.29, 1.82) is 0 Å². The van der Waals surface area contributed by atoms with E-state index in [9.17, 15) is 22.8 Å². The number of thiazole rings is 1. The van der Waals surface area contributed by atoms with E-state index in [1.54, 1.807) is 48.5 Å². The Bertz CT molecular complexity index is 1350. The van der Waals surface area contributed by atoms with Crippen molar-refractivity contribution in [3.63, 3.8) is 0 Å². The number of hydrogen-bond acceptors (Lipinski definition) is 5. The molecule has 0 aliphatic heterocycles. The van der Waals surface area contributed by atoms with Gasteiger partial charge in [-0.15, -0.1) is 11.3 Å². The van der Waals surface area contributed by atoms with Gasteiger partial charge in [0.05, 0.1) is 10.2 Å². The van der Waals surface area contributed by atoms with Crippen molar-refractivity contribution in [2.45, 2.75) is 38.5 Å². The number of amides is 1. The number of carbonyl (C=O) groups excluding carboxylic acids is 2. The molecule has 1 atom stereocenters. The largest absolute Gasteiger partial charge is 0.471 e. The summed E-state index contributed by atoms with van der Waals surface area (Å²) in [5, 5.41) is 0.0166. The molecule has 0 fully saturated rings. The third-order valence-electron chi connectivity index (χ3n) is 5.84. The van der Waals surface area contributed by atoms with Crippen LogP contribution < -0.4 is 10.6 Å². The highest BCUT2D eigenvalue weighted by Gasteiger charge is 2.48. The van der Waals surface area contributed by atoms with Crippen molar-refractivity contribution in [2.24, 2.45) is 5.73 Å². The van der Waals surface area contributed by atoms with E-state index in [0.29, 0.717) is 15.1 Å². The van der Waals surface area contributed by atoms with Gasteiger partial charge in [0.2, 0.25) is 5.78 Å². The van der Waals surface area contributed by atoms with Crippen LogP contribution in [0.1, 0.15) is 52.3 Å². The SMILES string of the molecule is CC(C)c1ccc(N(C(=O)C(F)(F)F)C(C(=O)c2nc3ccccc3s2)c2ccc(CN)cc2)cc1. The zero-order chi connectivity index (χ0) is 26.0. The second kappa shape index (κ2) is 10.2. The smallest absolute Gasteiger partial charge is 0.326 e. The predicted molar refractivity (Wildman–Crippen MR) is 135 cm³/mol. The van der Waals surface area contributed by atoms with Crippen molar-refractivity contribution in [1.82, 2.24) is 4.98 Å². The lowest BCUT2D eigenvalue weighted by Gasteiger charge is -2.31. The second-order valence-electron chi connectivity index (χ2n) is 8.62. The van der Waals surface area contributed by atoms with E-state index in [0.717, 1.165) is 22.5 Å². The van der Waals surface area contributed by atoms with Gasteiger partial charge in [-0.25, -0.2) is 4.98 Å². The molecule has 1 heterocycles. The first-order valence-electron chi connectivity index (χ1n) is 11.3. The van der Waals surface area contributed by atoms with Gasteiger partial charge in [0, 0.05) is 12.2 Å². The van der Waals surface area contributed by atoms with Gasteiger partial charge < -0.3 is 5.73 Å². The third-order valence-corrected chi connectivity index (χ3v) is 6.89. The van der Waals surface area contributed by atoms with E-state index in [1.165, 1.54) is 24.3 Å². The molecule has 9 heteroatoms. The van der Waals surface area contributed by atoms with Crippen LogP contribution in [0.5, 0.6) is 0 Å². The summed E-state index contributed by atoms with van der Waals surface area (Å²) in [5.41, 5.74) is 8.04. The number of para-hydroxylation sites is 1. The van der Waals surface area contributed by atoms with Crippen molar-refractivity contribution in [3.8, 4) is 0 Å². The average Bonchev–Trinajstić information content (AvgIpc) is 3.31. The minimum Gasteiger partial charge on any atom is -0.326 e. The zero-order valence-corrected chi connectivity index (χ0v) is 20.4. The van der Waals surface area contributed by atoms with Crippen LogP contribution in [-0.2, 0) is 11.3 Å². The number of anilines is 1. The quantitative estimate of drug-likeness (QED) is 0.292. The Morgan fingerprint density at radius 1 is 0.944 bits per heavy atom. The first-order valence-corrected chi connectivity index (χ1v) is 12.1. The van der Waals surface area contributed by atoms with Crippen LogP contribution in [0.15, 0.2) is 72.8 Å². The summed E-state index contributed by atoms with van der Waals surface area (Å²) in [7, 11) is 0. The fraction of sp³-hybridized carbons (Fsp3) is 0.222. The van der Waals surface area contributed by atoms with Gasteiger partial charge in [0.1, 0.15) is 6.04 Å². The number of halogens is 3. The molecule has 0 saturated heterocycles.